The molecule has 20 heavy (non-hydrogen) atoms. The van der Waals surface area contributed by atoms with Crippen LogP contribution in [0.25, 0.3) is 0 Å². The Balaban J connectivity index is 1.41. The minimum absolute atomic E-state index is 0.0246. The molecule has 0 spiro atoms. The zero-order valence-electron chi connectivity index (χ0n) is 11.6. The molecule has 0 aliphatic heterocycles. The van der Waals surface area contributed by atoms with E-state index in [2.05, 4.69) is 10.6 Å². The highest BCUT2D eigenvalue weighted by atomic mass is 35.5. The molecule has 2 aliphatic carbocycles. The van der Waals surface area contributed by atoms with Crippen molar-refractivity contribution in [1.82, 2.24) is 5.32 Å². The van der Waals surface area contributed by atoms with Gasteiger partial charge in [-0.05, 0) is 62.1 Å². The van der Waals surface area contributed by atoms with Gasteiger partial charge in [-0.2, -0.15) is 0 Å². The van der Waals surface area contributed by atoms with Gasteiger partial charge in [-0.3, -0.25) is 4.79 Å². The van der Waals surface area contributed by atoms with E-state index in [0.717, 1.165) is 24.3 Å². The molecule has 0 atom stereocenters. The predicted octanol–water partition coefficient (Wildman–Crippen LogP) is 3.30. The third kappa shape index (κ3) is 3.74. The molecule has 3 rings (SSSR count). The van der Waals surface area contributed by atoms with E-state index >= 15 is 0 Å². The number of carbonyl (C=O) groups excluding carboxylic acids is 1. The van der Waals surface area contributed by atoms with E-state index in [1.165, 1.54) is 25.7 Å². The van der Waals surface area contributed by atoms with E-state index in [1.54, 1.807) is 6.07 Å². The highest BCUT2D eigenvalue weighted by molar-refractivity contribution is 6.33. The molecule has 4 heteroatoms. The average Bonchev–Trinajstić information content (AvgIpc) is 3.30. The second kappa shape index (κ2) is 6.15. The molecule has 3 nitrogen and oxygen atoms in total. The summed E-state index contributed by atoms with van der Waals surface area (Å²) in [6.45, 7) is 1.34. The molecule has 0 unspecified atom stereocenters. The molecule has 0 heterocycles. The smallest absolute Gasteiger partial charge is 0.238 e. The largest absolute Gasteiger partial charge is 0.324 e. The summed E-state index contributed by atoms with van der Waals surface area (Å²) < 4.78 is 0. The summed E-state index contributed by atoms with van der Waals surface area (Å²) in [7, 11) is 0. The van der Waals surface area contributed by atoms with Crippen LogP contribution >= 0.6 is 11.6 Å². The van der Waals surface area contributed by atoms with Crippen molar-refractivity contribution in [2.45, 2.75) is 25.7 Å². The van der Waals surface area contributed by atoms with Gasteiger partial charge in [0.25, 0.3) is 0 Å². The molecule has 2 N–H and O–H groups in total. The molecule has 0 bridgehead atoms. The van der Waals surface area contributed by atoms with Crippen molar-refractivity contribution in [3.63, 3.8) is 0 Å². The normalized spacial score (nSPS) is 18.3. The Bertz CT molecular complexity index is 471. The topological polar surface area (TPSA) is 41.1 Å². The molecule has 1 amide bonds. The van der Waals surface area contributed by atoms with Crippen LogP contribution in [0, 0.1) is 17.8 Å². The van der Waals surface area contributed by atoms with Gasteiger partial charge in [-0.25, -0.2) is 0 Å². The van der Waals surface area contributed by atoms with Gasteiger partial charge >= 0.3 is 0 Å². The van der Waals surface area contributed by atoms with Crippen LogP contribution in [0.4, 0.5) is 5.69 Å². The van der Waals surface area contributed by atoms with Gasteiger partial charge in [0.2, 0.25) is 5.91 Å². The van der Waals surface area contributed by atoms with Crippen LogP contribution in [0.15, 0.2) is 24.3 Å². The van der Waals surface area contributed by atoms with E-state index < -0.39 is 0 Å². The number of hydrogen-bond donors (Lipinski definition) is 2. The van der Waals surface area contributed by atoms with Crippen LogP contribution in [0.3, 0.4) is 0 Å². The van der Waals surface area contributed by atoms with Crippen LogP contribution in [-0.4, -0.2) is 19.0 Å². The van der Waals surface area contributed by atoms with Crippen molar-refractivity contribution in [3.05, 3.63) is 29.3 Å². The highest BCUT2D eigenvalue weighted by Gasteiger charge is 2.40. The van der Waals surface area contributed by atoms with Gasteiger partial charge in [0.05, 0.1) is 17.3 Å². The molecule has 2 fully saturated rings. The van der Waals surface area contributed by atoms with Crippen molar-refractivity contribution < 1.29 is 4.79 Å². The summed E-state index contributed by atoms with van der Waals surface area (Å²) in [6.07, 6.45) is 5.53. The molecular weight excluding hydrogens is 272 g/mol. The Labute approximate surface area is 125 Å². The summed E-state index contributed by atoms with van der Waals surface area (Å²) in [5, 5.41) is 6.73. The first kappa shape index (κ1) is 13.9. The van der Waals surface area contributed by atoms with Gasteiger partial charge in [0.1, 0.15) is 0 Å². The Morgan fingerprint density at radius 2 is 1.85 bits per heavy atom. The Hall–Kier alpha value is -1.06. The van der Waals surface area contributed by atoms with E-state index in [4.69, 9.17) is 11.6 Å². The molecule has 0 saturated heterocycles. The number of para-hydroxylation sites is 1. The van der Waals surface area contributed by atoms with Gasteiger partial charge in [-0.1, -0.05) is 23.7 Å². The molecule has 0 aromatic heterocycles. The zero-order valence-corrected chi connectivity index (χ0v) is 12.3. The molecule has 108 valence electrons. The predicted molar refractivity (Wildman–Crippen MR) is 81.9 cm³/mol. The van der Waals surface area contributed by atoms with E-state index in [9.17, 15) is 4.79 Å². The van der Waals surface area contributed by atoms with E-state index in [1.807, 2.05) is 18.2 Å². The third-order valence-electron chi connectivity index (χ3n) is 4.27. The molecule has 1 aromatic rings. The maximum atomic E-state index is 11.9. The van der Waals surface area contributed by atoms with Gasteiger partial charge in [-0.15, -0.1) is 0 Å². The lowest BCUT2D eigenvalue weighted by Gasteiger charge is -2.16. The lowest BCUT2D eigenvalue weighted by atomic mass is 9.98. The van der Waals surface area contributed by atoms with Crippen molar-refractivity contribution in [2.75, 3.05) is 18.4 Å². The fraction of sp³-hybridized carbons (Fsp3) is 0.562. The quantitative estimate of drug-likeness (QED) is 0.809. The van der Waals surface area contributed by atoms with Crippen LogP contribution < -0.4 is 10.6 Å². The molecule has 0 radical (unpaired) electrons. The van der Waals surface area contributed by atoms with Crippen molar-refractivity contribution in [2.24, 2.45) is 17.8 Å². The van der Waals surface area contributed by atoms with E-state index in [-0.39, 0.29) is 5.91 Å². The zero-order chi connectivity index (χ0) is 13.9. The lowest BCUT2D eigenvalue weighted by Crippen LogP contribution is -2.33. The first-order valence-electron chi connectivity index (χ1n) is 7.49. The van der Waals surface area contributed by atoms with Crippen molar-refractivity contribution >= 4 is 23.2 Å². The first-order valence-corrected chi connectivity index (χ1v) is 7.87. The Kier molecular flexibility index (Phi) is 4.27. The maximum Gasteiger partial charge on any atom is 0.238 e. The minimum Gasteiger partial charge on any atom is -0.324 e. The summed E-state index contributed by atoms with van der Waals surface area (Å²) in [5.41, 5.74) is 0.682. The van der Waals surface area contributed by atoms with Crippen LogP contribution in [0.1, 0.15) is 25.7 Å². The third-order valence-corrected chi connectivity index (χ3v) is 4.60. The van der Waals surface area contributed by atoms with Crippen LogP contribution in [-0.2, 0) is 4.79 Å². The number of amides is 1. The lowest BCUT2D eigenvalue weighted by molar-refractivity contribution is -0.115. The molecular formula is C16H21ClN2O. The van der Waals surface area contributed by atoms with Crippen molar-refractivity contribution in [3.8, 4) is 0 Å². The van der Waals surface area contributed by atoms with Crippen LogP contribution in [0.2, 0.25) is 5.02 Å². The second-order valence-electron chi connectivity index (χ2n) is 6.00. The number of hydrogen-bond acceptors (Lipinski definition) is 2. The number of rotatable bonds is 7. The first-order chi connectivity index (χ1) is 9.74. The molecule has 2 aliphatic rings. The summed E-state index contributed by atoms with van der Waals surface area (Å²) in [4.78, 5) is 11.9. The summed E-state index contributed by atoms with van der Waals surface area (Å²) in [5.74, 6) is 2.61. The van der Waals surface area contributed by atoms with Crippen molar-refractivity contribution in [1.29, 1.82) is 0 Å². The second-order valence-corrected chi connectivity index (χ2v) is 6.40. The van der Waals surface area contributed by atoms with Gasteiger partial charge in [0, 0.05) is 0 Å². The summed E-state index contributed by atoms with van der Waals surface area (Å²) in [6, 6.07) is 7.31. The molecule has 2 saturated carbocycles. The van der Waals surface area contributed by atoms with E-state index in [0.29, 0.717) is 17.3 Å². The average molecular weight is 293 g/mol. The number of halogens is 1. The summed E-state index contributed by atoms with van der Waals surface area (Å²) >= 11 is 6.02. The molecule has 1 aromatic carbocycles. The minimum atomic E-state index is -0.0246. The number of carbonyl (C=O) groups is 1. The SMILES string of the molecule is O=C(CNCC(C1CC1)C1CC1)Nc1ccccc1Cl. The Morgan fingerprint density at radius 3 is 2.45 bits per heavy atom. The van der Waals surface area contributed by atoms with Gasteiger partial charge in [0.15, 0.2) is 0 Å². The standard InChI is InChI=1S/C16H21ClN2O/c17-14-3-1-2-4-15(14)19-16(20)10-18-9-13(11-5-6-11)12-7-8-12/h1-4,11-13,18H,5-10H2,(H,19,20). The number of nitrogens with one attached hydrogen (secondary N) is 2. The Morgan fingerprint density at radius 1 is 1.20 bits per heavy atom. The number of anilines is 1. The monoisotopic (exact) mass is 292 g/mol. The fourth-order valence-corrected chi connectivity index (χ4v) is 3.06. The number of benzene rings is 1. The highest BCUT2D eigenvalue weighted by Crippen LogP contribution is 2.48. The van der Waals surface area contributed by atoms with Crippen LogP contribution in [0.5, 0.6) is 0 Å². The fourth-order valence-electron chi connectivity index (χ4n) is 2.88. The maximum absolute atomic E-state index is 11.9. The van der Waals surface area contributed by atoms with Gasteiger partial charge < -0.3 is 10.6 Å².